The first kappa shape index (κ1) is 14.3. The summed E-state index contributed by atoms with van der Waals surface area (Å²) in [4.78, 5) is 12.3. The van der Waals surface area contributed by atoms with Gasteiger partial charge >= 0.3 is 0 Å². The molecule has 0 amide bonds. The van der Waals surface area contributed by atoms with Gasteiger partial charge in [-0.3, -0.25) is 4.79 Å². The normalized spacial score (nSPS) is 10.4. The topological polar surface area (TPSA) is 26.3 Å². The second-order valence-electron chi connectivity index (χ2n) is 4.87. The van der Waals surface area contributed by atoms with Gasteiger partial charge in [0.2, 0.25) is 0 Å². The van der Waals surface area contributed by atoms with Crippen molar-refractivity contribution in [1.29, 1.82) is 0 Å². The van der Waals surface area contributed by atoms with Crippen LogP contribution in [-0.2, 0) is 6.42 Å². The lowest BCUT2D eigenvalue weighted by atomic mass is 9.98. The van der Waals surface area contributed by atoms with E-state index in [1.165, 1.54) is 12.1 Å². The molecule has 0 radical (unpaired) electrons. The fraction of sp³-hybridized carbons (Fsp3) is 0.235. The van der Waals surface area contributed by atoms with E-state index in [0.29, 0.717) is 5.56 Å². The van der Waals surface area contributed by atoms with Crippen molar-refractivity contribution < 1.29 is 13.9 Å². The Morgan fingerprint density at radius 1 is 1.10 bits per heavy atom. The molecule has 2 aromatic rings. The maximum atomic E-state index is 12.8. The molecule has 0 aliphatic rings. The number of ketones is 1. The Bertz CT molecular complexity index is 607. The molecule has 2 aromatic carbocycles. The van der Waals surface area contributed by atoms with E-state index < -0.39 is 0 Å². The number of hydrogen-bond donors (Lipinski definition) is 0. The minimum Gasteiger partial charge on any atom is -0.496 e. The number of ether oxygens (including phenoxy) is 1. The first-order valence-corrected chi connectivity index (χ1v) is 6.44. The van der Waals surface area contributed by atoms with Crippen molar-refractivity contribution in [2.24, 2.45) is 0 Å². The largest absolute Gasteiger partial charge is 0.496 e. The van der Waals surface area contributed by atoms with Crippen LogP contribution in [0.15, 0.2) is 36.4 Å². The highest BCUT2D eigenvalue weighted by Crippen LogP contribution is 2.25. The molecule has 0 N–H and O–H groups in total. The van der Waals surface area contributed by atoms with Crippen molar-refractivity contribution in [2.45, 2.75) is 20.3 Å². The fourth-order valence-electron chi connectivity index (χ4n) is 2.32. The molecule has 0 aliphatic heterocycles. The fourth-order valence-corrected chi connectivity index (χ4v) is 2.32. The van der Waals surface area contributed by atoms with Gasteiger partial charge in [-0.1, -0.05) is 12.1 Å². The lowest BCUT2D eigenvalue weighted by molar-refractivity contribution is 0.0992. The average Bonchev–Trinajstić information content (AvgIpc) is 2.41. The maximum Gasteiger partial charge on any atom is 0.167 e. The smallest absolute Gasteiger partial charge is 0.167 e. The molecule has 0 fully saturated rings. The van der Waals surface area contributed by atoms with E-state index in [9.17, 15) is 9.18 Å². The van der Waals surface area contributed by atoms with Gasteiger partial charge in [-0.15, -0.1) is 0 Å². The Kier molecular flexibility index (Phi) is 4.18. The summed E-state index contributed by atoms with van der Waals surface area (Å²) in [7, 11) is 1.62. The van der Waals surface area contributed by atoms with E-state index in [-0.39, 0.29) is 18.0 Å². The molecule has 0 saturated carbocycles. The number of rotatable bonds is 4. The molecule has 104 valence electrons. The predicted octanol–water partition coefficient (Wildman–Crippen LogP) is 3.88. The third-order valence-electron chi connectivity index (χ3n) is 3.26. The van der Waals surface area contributed by atoms with E-state index in [0.717, 1.165) is 22.4 Å². The zero-order chi connectivity index (χ0) is 14.7. The molecule has 0 spiro atoms. The van der Waals surface area contributed by atoms with Gasteiger partial charge in [-0.25, -0.2) is 4.39 Å². The first-order chi connectivity index (χ1) is 9.51. The maximum absolute atomic E-state index is 12.8. The molecule has 0 aromatic heterocycles. The first-order valence-electron chi connectivity index (χ1n) is 6.44. The van der Waals surface area contributed by atoms with E-state index >= 15 is 0 Å². The summed E-state index contributed by atoms with van der Waals surface area (Å²) in [5, 5.41) is 0. The zero-order valence-electron chi connectivity index (χ0n) is 11.9. The highest BCUT2D eigenvalue weighted by Gasteiger charge is 2.12. The van der Waals surface area contributed by atoms with Crippen LogP contribution in [0.4, 0.5) is 4.39 Å². The van der Waals surface area contributed by atoms with Crippen LogP contribution in [0.25, 0.3) is 0 Å². The van der Waals surface area contributed by atoms with Gasteiger partial charge in [-0.05, 0) is 54.8 Å². The highest BCUT2D eigenvalue weighted by atomic mass is 19.1. The predicted molar refractivity (Wildman–Crippen MR) is 76.9 cm³/mol. The molecule has 0 unspecified atom stereocenters. The molecule has 2 nitrogen and oxygen atoms in total. The van der Waals surface area contributed by atoms with Gasteiger partial charge < -0.3 is 4.74 Å². The molecular weight excluding hydrogens is 255 g/mol. The van der Waals surface area contributed by atoms with Crippen LogP contribution in [0, 0.1) is 19.7 Å². The molecule has 0 saturated heterocycles. The van der Waals surface area contributed by atoms with Crippen LogP contribution in [0.3, 0.4) is 0 Å². The Balaban J connectivity index is 2.23. The number of carbonyl (C=O) groups excluding carboxylic acids is 1. The highest BCUT2D eigenvalue weighted by molar-refractivity contribution is 5.98. The number of benzene rings is 2. The van der Waals surface area contributed by atoms with Crippen LogP contribution in [0.2, 0.25) is 0 Å². The SMILES string of the molecule is COc1c(C)cc(C(=O)Cc2ccc(F)cc2)cc1C. The number of Topliss-reactive ketones (excluding diaryl/α,β-unsaturated/α-hetero) is 1. The van der Waals surface area contributed by atoms with Gasteiger partial charge in [0.25, 0.3) is 0 Å². The summed E-state index contributed by atoms with van der Waals surface area (Å²) < 4.78 is 18.1. The van der Waals surface area contributed by atoms with Gasteiger partial charge in [0.1, 0.15) is 11.6 Å². The Morgan fingerprint density at radius 3 is 2.15 bits per heavy atom. The van der Waals surface area contributed by atoms with Crippen LogP contribution in [0.1, 0.15) is 27.0 Å². The second kappa shape index (κ2) is 5.87. The van der Waals surface area contributed by atoms with Crippen LogP contribution in [0.5, 0.6) is 5.75 Å². The summed E-state index contributed by atoms with van der Waals surface area (Å²) in [5.41, 5.74) is 3.34. The summed E-state index contributed by atoms with van der Waals surface area (Å²) >= 11 is 0. The molecule has 0 bridgehead atoms. The summed E-state index contributed by atoms with van der Waals surface area (Å²) in [6.45, 7) is 3.83. The number of carbonyl (C=O) groups is 1. The van der Waals surface area contributed by atoms with Gasteiger partial charge in [0.05, 0.1) is 7.11 Å². The molecule has 0 aliphatic carbocycles. The van der Waals surface area contributed by atoms with Crippen LogP contribution < -0.4 is 4.74 Å². The zero-order valence-corrected chi connectivity index (χ0v) is 11.9. The number of halogens is 1. The standard InChI is InChI=1S/C17H17FO2/c1-11-8-14(9-12(2)17(11)20-3)16(19)10-13-4-6-15(18)7-5-13/h4-9H,10H2,1-3H3. The lowest BCUT2D eigenvalue weighted by Crippen LogP contribution is -2.05. The Morgan fingerprint density at radius 2 is 1.65 bits per heavy atom. The third-order valence-corrected chi connectivity index (χ3v) is 3.26. The Hall–Kier alpha value is -2.16. The molecule has 0 atom stereocenters. The monoisotopic (exact) mass is 272 g/mol. The molecular formula is C17H17FO2. The van der Waals surface area contributed by atoms with Crippen molar-refractivity contribution in [2.75, 3.05) is 7.11 Å². The number of methoxy groups -OCH3 is 1. The third kappa shape index (κ3) is 3.05. The van der Waals surface area contributed by atoms with Gasteiger partial charge in [0.15, 0.2) is 5.78 Å². The van der Waals surface area contributed by atoms with Crippen LogP contribution in [-0.4, -0.2) is 12.9 Å². The summed E-state index contributed by atoms with van der Waals surface area (Å²) in [6, 6.07) is 9.67. The van der Waals surface area contributed by atoms with Crippen molar-refractivity contribution in [3.8, 4) is 5.75 Å². The number of hydrogen-bond acceptors (Lipinski definition) is 2. The molecule has 2 rings (SSSR count). The average molecular weight is 272 g/mol. The summed E-state index contributed by atoms with van der Waals surface area (Å²) in [5.74, 6) is 0.533. The van der Waals surface area contributed by atoms with E-state index in [1.807, 2.05) is 26.0 Å². The van der Waals surface area contributed by atoms with Gasteiger partial charge in [0, 0.05) is 12.0 Å². The van der Waals surface area contributed by atoms with E-state index in [2.05, 4.69) is 0 Å². The van der Waals surface area contributed by atoms with E-state index in [1.54, 1.807) is 19.2 Å². The van der Waals surface area contributed by atoms with Crippen molar-refractivity contribution in [1.82, 2.24) is 0 Å². The lowest BCUT2D eigenvalue weighted by Gasteiger charge is -2.11. The molecule has 20 heavy (non-hydrogen) atoms. The second-order valence-corrected chi connectivity index (χ2v) is 4.87. The number of aryl methyl sites for hydroxylation is 2. The van der Waals surface area contributed by atoms with Gasteiger partial charge in [-0.2, -0.15) is 0 Å². The van der Waals surface area contributed by atoms with Crippen molar-refractivity contribution in [3.63, 3.8) is 0 Å². The van der Waals surface area contributed by atoms with Crippen molar-refractivity contribution in [3.05, 3.63) is 64.5 Å². The minimum absolute atomic E-state index is 0.0189. The van der Waals surface area contributed by atoms with Crippen molar-refractivity contribution >= 4 is 5.78 Å². The minimum atomic E-state index is -0.294. The summed E-state index contributed by atoms with van der Waals surface area (Å²) in [6.07, 6.45) is 0.269. The Labute approximate surface area is 118 Å². The van der Waals surface area contributed by atoms with Crippen LogP contribution >= 0.6 is 0 Å². The quantitative estimate of drug-likeness (QED) is 0.790. The van der Waals surface area contributed by atoms with E-state index in [4.69, 9.17) is 4.74 Å². The molecule has 3 heteroatoms. The molecule has 0 heterocycles.